The molecule has 4 N–H and O–H groups in total. The van der Waals surface area contributed by atoms with Gasteiger partial charge in [-0.15, -0.1) is 11.3 Å². The lowest BCUT2D eigenvalue weighted by molar-refractivity contribution is -0.138. The highest BCUT2D eigenvalue weighted by Gasteiger charge is 2.17. The van der Waals surface area contributed by atoms with Gasteiger partial charge in [0.05, 0.1) is 29.6 Å². The number of amides is 3. The molecule has 10 heteroatoms. The van der Waals surface area contributed by atoms with Crippen molar-refractivity contribution in [3.05, 3.63) is 75.2 Å². The first-order valence-electron chi connectivity index (χ1n) is 9.67. The topological polar surface area (TPSA) is 120 Å². The summed E-state index contributed by atoms with van der Waals surface area (Å²) in [5, 5.41) is 18.3. The number of halogens is 1. The van der Waals surface area contributed by atoms with Gasteiger partial charge >= 0.3 is 12.0 Å². The maximum atomic E-state index is 12.2. The number of carboxylic acids is 1. The number of aliphatic carboxylic acids is 1. The standard InChI is InChI=1S/C22H21ClN4O4S/c1-13(21(29)30)18-11-25-20(32-18)12-24-19(28)10-14-6-8-15(9-7-14)26-22(31)27-17-5-3-2-4-16(17)23/h2-9,11,13H,10,12H2,1H3,(H,24,28)(H,29,30)(H2,26,27,31). The molecule has 0 bridgehead atoms. The van der Waals surface area contributed by atoms with Crippen LogP contribution in [-0.4, -0.2) is 28.0 Å². The summed E-state index contributed by atoms with van der Waals surface area (Å²) in [5.41, 5.74) is 1.85. The molecule has 3 rings (SSSR count). The molecule has 166 valence electrons. The third-order valence-corrected chi connectivity index (χ3v) is 6.01. The fraction of sp³-hybridized carbons (Fsp3) is 0.182. The van der Waals surface area contributed by atoms with Crippen LogP contribution < -0.4 is 16.0 Å². The van der Waals surface area contributed by atoms with Crippen LogP contribution in [0.2, 0.25) is 5.02 Å². The molecular formula is C22H21ClN4O4S. The van der Waals surface area contributed by atoms with Crippen molar-refractivity contribution in [2.75, 3.05) is 10.6 Å². The fourth-order valence-electron chi connectivity index (χ4n) is 2.70. The molecule has 8 nitrogen and oxygen atoms in total. The smallest absolute Gasteiger partial charge is 0.323 e. The highest BCUT2D eigenvalue weighted by Crippen LogP contribution is 2.23. The highest BCUT2D eigenvalue weighted by molar-refractivity contribution is 7.11. The minimum Gasteiger partial charge on any atom is -0.481 e. The average molecular weight is 473 g/mol. The Hall–Kier alpha value is -3.43. The Morgan fingerprint density at radius 2 is 1.81 bits per heavy atom. The molecule has 3 aromatic rings. The van der Waals surface area contributed by atoms with E-state index in [-0.39, 0.29) is 18.9 Å². The lowest BCUT2D eigenvalue weighted by atomic mass is 10.1. The van der Waals surface area contributed by atoms with Crippen LogP contribution in [0.5, 0.6) is 0 Å². The summed E-state index contributed by atoms with van der Waals surface area (Å²) >= 11 is 7.29. The van der Waals surface area contributed by atoms with Crippen molar-refractivity contribution in [1.29, 1.82) is 0 Å². The molecule has 32 heavy (non-hydrogen) atoms. The van der Waals surface area contributed by atoms with Crippen LogP contribution in [-0.2, 0) is 22.6 Å². The van der Waals surface area contributed by atoms with Gasteiger partial charge in [0.1, 0.15) is 5.01 Å². The van der Waals surface area contributed by atoms with Gasteiger partial charge in [0, 0.05) is 16.8 Å². The first kappa shape index (κ1) is 23.2. The van der Waals surface area contributed by atoms with E-state index in [4.69, 9.17) is 16.7 Å². The number of carbonyl (C=O) groups excluding carboxylic acids is 2. The Balaban J connectivity index is 1.46. The van der Waals surface area contributed by atoms with Gasteiger partial charge in [0.25, 0.3) is 0 Å². The number of anilines is 2. The number of benzene rings is 2. The van der Waals surface area contributed by atoms with Gasteiger partial charge in [-0.1, -0.05) is 35.9 Å². The average Bonchev–Trinajstić information content (AvgIpc) is 3.23. The van der Waals surface area contributed by atoms with E-state index in [2.05, 4.69) is 20.9 Å². The van der Waals surface area contributed by atoms with Crippen LogP contribution in [0.3, 0.4) is 0 Å². The molecule has 0 spiro atoms. The second-order valence-corrected chi connectivity index (χ2v) is 8.48. The summed E-state index contributed by atoms with van der Waals surface area (Å²) < 4.78 is 0. The Morgan fingerprint density at radius 1 is 1.09 bits per heavy atom. The lowest BCUT2D eigenvalue weighted by Gasteiger charge is -2.09. The SMILES string of the molecule is CC(C(=O)O)c1cnc(CNC(=O)Cc2ccc(NC(=O)Nc3ccccc3Cl)cc2)s1. The minimum atomic E-state index is -0.913. The van der Waals surface area contributed by atoms with E-state index in [0.29, 0.717) is 26.3 Å². The number of nitrogens with zero attached hydrogens (tertiary/aromatic N) is 1. The zero-order valence-corrected chi connectivity index (χ0v) is 18.7. The monoisotopic (exact) mass is 472 g/mol. The summed E-state index contributed by atoms with van der Waals surface area (Å²) in [6.07, 6.45) is 1.69. The minimum absolute atomic E-state index is 0.163. The van der Waals surface area contributed by atoms with Gasteiger partial charge < -0.3 is 21.1 Å². The number of hydrogen-bond acceptors (Lipinski definition) is 5. The molecule has 2 aromatic carbocycles. The third kappa shape index (κ3) is 6.53. The summed E-state index contributed by atoms with van der Waals surface area (Å²) in [5.74, 6) is -1.73. The van der Waals surface area contributed by atoms with Crippen molar-refractivity contribution < 1.29 is 19.5 Å². The van der Waals surface area contributed by atoms with Crippen LogP contribution in [0, 0.1) is 0 Å². The second kappa shape index (κ2) is 10.7. The Morgan fingerprint density at radius 3 is 2.50 bits per heavy atom. The van der Waals surface area contributed by atoms with Crippen molar-refractivity contribution >= 4 is 52.2 Å². The molecule has 3 amide bonds. The summed E-state index contributed by atoms with van der Waals surface area (Å²) in [7, 11) is 0. The molecule has 0 fully saturated rings. The third-order valence-electron chi connectivity index (χ3n) is 4.50. The molecule has 1 aromatic heterocycles. The summed E-state index contributed by atoms with van der Waals surface area (Å²) in [6.45, 7) is 1.83. The number of para-hydroxylation sites is 1. The lowest BCUT2D eigenvalue weighted by Crippen LogP contribution is -2.24. The van der Waals surface area contributed by atoms with E-state index in [1.807, 2.05) is 0 Å². The van der Waals surface area contributed by atoms with Gasteiger partial charge in [-0.2, -0.15) is 0 Å². The first-order chi connectivity index (χ1) is 15.3. The van der Waals surface area contributed by atoms with Crippen LogP contribution >= 0.6 is 22.9 Å². The molecule has 0 aliphatic rings. The van der Waals surface area contributed by atoms with Crippen LogP contribution in [0.4, 0.5) is 16.2 Å². The molecule has 0 radical (unpaired) electrons. The predicted molar refractivity (Wildman–Crippen MR) is 124 cm³/mol. The van der Waals surface area contributed by atoms with E-state index in [1.54, 1.807) is 55.5 Å². The molecule has 1 unspecified atom stereocenters. The van der Waals surface area contributed by atoms with Gasteiger partial charge in [-0.25, -0.2) is 9.78 Å². The van der Waals surface area contributed by atoms with Gasteiger partial charge in [0.2, 0.25) is 5.91 Å². The van der Waals surface area contributed by atoms with E-state index < -0.39 is 17.9 Å². The van der Waals surface area contributed by atoms with Crippen molar-refractivity contribution in [1.82, 2.24) is 10.3 Å². The number of hydrogen-bond donors (Lipinski definition) is 4. The number of thiazole rings is 1. The first-order valence-corrected chi connectivity index (χ1v) is 10.9. The molecular weight excluding hydrogens is 452 g/mol. The molecule has 0 saturated carbocycles. The van der Waals surface area contributed by atoms with Crippen molar-refractivity contribution in [3.63, 3.8) is 0 Å². The quantitative estimate of drug-likeness (QED) is 0.385. The molecule has 0 aliphatic carbocycles. The van der Waals surface area contributed by atoms with Gasteiger partial charge in [-0.3, -0.25) is 9.59 Å². The normalized spacial score (nSPS) is 11.4. The van der Waals surface area contributed by atoms with Crippen LogP contribution in [0.15, 0.2) is 54.7 Å². The number of rotatable bonds is 8. The Bertz CT molecular complexity index is 1120. The fourth-order valence-corrected chi connectivity index (χ4v) is 3.79. The van der Waals surface area contributed by atoms with E-state index in [9.17, 15) is 14.4 Å². The number of nitrogens with one attached hydrogen (secondary N) is 3. The van der Waals surface area contributed by atoms with Crippen molar-refractivity contribution in [2.45, 2.75) is 25.8 Å². The van der Waals surface area contributed by atoms with Gasteiger partial charge in [0.15, 0.2) is 0 Å². The van der Waals surface area contributed by atoms with Crippen molar-refractivity contribution in [2.24, 2.45) is 0 Å². The number of carbonyl (C=O) groups is 3. The number of urea groups is 1. The van der Waals surface area contributed by atoms with Crippen molar-refractivity contribution in [3.8, 4) is 0 Å². The zero-order valence-electron chi connectivity index (χ0n) is 17.1. The van der Waals surface area contributed by atoms with E-state index in [1.165, 1.54) is 17.5 Å². The number of carboxylic acid groups (broad SMARTS) is 1. The Kier molecular flexibility index (Phi) is 7.80. The predicted octanol–water partition coefficient (Wildman–Crippen LogP) is 4.49. The second-order valence-electron chi connectivity index (χ2n) is 6.93. The highest BCUT2D eigenvalue weighted by atomic mass is 35.5. The Labute approximate surface area is 193 Å². The van der Waals surface area contributed by atoms with Crippen LogP contribution in [0.1, 0.15) is 28.3 Å². The van der Waals surface area contributed by atoms with Crippen LogP contribution in [0.25, 0.3) is 0 Å². The largest absolute Gasteiger partial charge is 0.481 e. The molecule has 1 heterocycles. The zero-order chi connectivity index (χ0) is 23.1. The van der Waals surface area contributed by atoms with Gasteiger partial charge in [-0.05, 0) is 36.8 Å². The summed E-state index contributed by atoms with van der Waals surface area (Å²) in [4.78, 5) is 40.2. The maximum Gasteiger partial charge on any atom is 0.323 e. The van der Waals surface area contributed by atoms with E-state index >= 15 is 0 Å². The number of aromatic nitrogens is 1. The maximum absolute atomic E-state index is 12.2. The van der Waals surface area contributed by atoms with E-state index in [0.717, 1.165) is 5.56 Å². The molecule has 0 aliphatic heterocycles. The molecule has 0 saturated heterocycles. The summed E-state index contributed by atoms with van der Waals surface area (Å²) in [6, 6.07) is 13.4. The molecule has 1 atom stereocenters.